The fraction of sp³-hybridized carbons (Fsp3) is 0.278. The number of nitrogens with one attached hydrogen (secondary N) is 1. The molecule has 2 rings (SSSR count). The van der Waals surface area contributed by atoms with Crippen LogP contribution in [0.3, 0.4) is 0 Å². The highest BCUT2D eigenvalue weighted by Crippen LogP contribution is 2.23. The molecule has 0 heterocycles. The Hall–Kier alpha value is -1.90. The summed E-state index contributed by atoms with van der Waals surface area (Å²) in [5, 5.41) is 2.72. The second-order valence-corrected chi connectivity index (χ2v) is 8.53. The molecule has 0 unspecified atom stereocenters. The summed E-state index contributed by atoms with van der Waals surface area (Å²) < 4.78 is 31.6. The number of benzene rings is 2. The monoisotopic (exact) mass is 440 g/mol. The van der Waals surface area contributed by atoms with E-state index in [-0.39, 0.29) is 13.1 Å². The maximum absolute atomic E-state index is 12.4. The fourth-order valence-corrected chi connectivity index (χ4v) is 3.28. The van der Waals surface area contributed by atoms with E-state index in [2.05, 4.69) is 21.2 Å². The van der Waals surface area contributed by atoms with Crippen LogP contribution in [0.25, 0.3) is 0 Å². The van der Waals surface area contributed by atoms with Crippen LogP contribution >= 0.6 is 15.9 Å². The first-order valence-electron chi connectivity index (χ1n) is 8.01. The first-order chi connectivity index (χ1) is 12.3. The Kier molecular flexibility index (Phi) is 7.19. The van der Waals surface area contributed by atoms with Gasteiger partial charge in [-0.05, 0) is 36.8 Å². The summed E-state index contributed by atoms with van der Waals surface area (Å²) in [6, 6.07) is 14.3. The number of halogens is 1. The van der Waals surface area contributed by atoms with Gasteiger partial charge in [0.1, 0.15) is 5.75 Å². The second-order valence-electron chi connectivity index (χ2n) is 5.63. The van der Waals surface area contributed by atoms with Crippen molar-refractivity contribution in [3.05, 3.63) is 58.6 Å². The number of sulfonamides is 1. The molecular formula is C18H21BrN2O4S. The Balaban J connectivity index is 2.11. The minimum atomic E-state index is -3.55. The number of hydrogen-bond acceptors (Lipinski definition) is 4. The number of carbonyl (C=O) groups excluding carboxylic acids is 1. The van der Waals surface area contributed by atoms with Crippen molar-refractivity contribution in [1.82, 2.24) is 4.31 Å². The molecule has 2 aromatic carbocycles. The van der Waals surface area contributed by atoms with Gasteiger partial charge in [0.2, 0.25) is 15.9 Å². The van der Waals surface area contributed by atoms with E-state index in [1.807, 2.05) is 31.2 Å². The first kappa shape index (κ1) is 20.4. The Labute approximate surface area is 162 Å². The van der Waals surface area contributed by atoms with Gasteiger partial charge in [0.25, 0.3) is 0 Å². The minimum absolute atomic E-state index is 0.118. The van der Waals surface area contributed by atoms with Crippen LogP contribution in [0.15, 0.2) is 53.0 Å². The number of carbonyl (C=O) groups is 1. The van der Waals surface area contributed by atoms with Crippen molar-refractivity contribution in [3.63, 3.8) is 0 Å². The molecule has 0 atom stereocenters. The van der Waals surface area contributed by atoms with E-state index in [0.717, 1.165) is 20.6 Å². The van der Waals surface area contributed by atoms with Crippen LogP contribution in [-0.4, -0.2) is 38.0 Å². The predicted molar refractivity (Wildman–Crippen MR) is 106 cm³/mol. The fourth-order valence-electron chi connectivity index (χ4n) is 2.29. The molecule has 0 fully saturated rings. The summed E-state index contributed by atoms with van der Waals surface area (Å²) in [7, 11) is -3.55. The summed E-state index contributed by atoms with van der Waals surface area (Å²) >= 11 is 3.34. The maximum Gasteiger partial charge on any atom is 0.239 e. The van der Waals surface area contributed by atoms with Crippen LogP contribution in [0.1, 0.15) is 12.5 Å². The minimum Gasteiger partial charge on any atom is -0.492 e. The molecule has 140 valence electrons. The Bertz CT molecular complexity index is 854. The van der Waals surface area contributed by atoms with Crippen LogP contribution < -0.4 is 10.1 Å². The van der Waals surface area contributed by atoms with Crippen molar-refractivity contribution in [1.29, 1.82) is 0 Å². The summed E-state index contributed by atoms with van der Waals surface area (Å²) in [6.45, 7) is 2.15. The molecule has 0 bridgehead atoms. The normalized spacial score (nSPS) is 11.4. The molecule has 0 aromatic heterocycles. The molecule has 6 nitrogen and oxygen atoms in total. The molecule has 0 aliphatic rings. The highest BCUT2D eigenvalue weighted by atomic mass is 79.9. The molecule has 1 N–H and O–H groups in total. The largest absolute Gasteiger partial charge is 0.492 e. The molecule has 0 radical (unpaired) electrons. The smallest absolute Gasteiger partial charge is 0.239 e. The molecule has 0 saturated heterocycles. The van der Waals surface area contributed by atoms with E-state index < -0.39 is 15.9 Å². The summed E-state index contributed by atoms with van der Waals surface area (Å²) in [4.78, 5) is 12.4. The highest BCUT2D eigenvalue weighted by molar-refractivity contribution is 9.10. The molecular weight excluding hydrogens is 420 g/mol. The topological polar surface area (TPSA) is 75.7 Å². The molecule has 1 amide bonds. The van der Waals surface area contributed by atoms with Crippen molar-refractivity contribution >= 4 is 37.5 Å². The Morgan fingerprint density at radius 2 is 1.81 bits per heavy atom. The Morgan fingerprint density at radius 3 is 2.42 bits per heavy atom. The van der Waals surface area contributed by atoms with Crippen LogP contribution in [0.5, 0.6) is 5.75 Å². The predicted octanol–water partition coefficient (Wildman–Crippen LogP) is 3.25. The number of ether oxygens (including phenoxy) is 1. The van der Waals surface area contributed by atoms with Crippen LogP contribution in [0.2, 0.25) is 0 Å². The zero-order valence-electron chi connectivity index (χ0n) is 14.6. The van der Waals surface area contributed by atoms with Gasteiger partial charge in [0.05, 0.1) is 25.1 Å². The number of hydrogen-bond donors (Lipinski definition) is 1. The van der Waals surface area contributed by atoms with E-state index in [4.69, 9.17) is 4.74 Å². The molecule has 2 aromatic rings. The van der Waals surface area contributed by atoms with Crippen LogP contribution in [-0.2, 0) is 21.4 Å². The lowest BCUT2D eigenvalue weighted by Crippen LogP contribution is -2.36. The standard InChI is InChI=1S/C18H21BrN2O4S/c1-3-25-17-7-5-4-6-16(17)20-18(22)13-21(26(2,23)24)12-14-8-10-15(19)11-9-14/h4-11H,3,12-13H2,1-2H3,(H,20,22). The van der Waals surface area contributed by atoms with Crippen LogP contribution in [0, 0.1) is 0 Å². The number of para-hydroxylation sites is 2. The van der Waals surface area contributed by atoms with Crippen molar-refractivity contribution in [3.8, 4) is 5.75 Å². The molecule has 0 spiro atoms. The lowest BCUT2D eigenvalue weighted by Gasteiger charge is -2.20. The number of anilines is 1. The number of nitrogens with zero attached hydrogens (tertiary/aromatic N) is 1. The molecule has 0 aliphatic carbocycles. The third-order valence-electron chi connectivity index (χ3n) is 3.52. The average molecular weight is 441 g/mol. The van der Waals surface area contributed by atoms with Gasteiger partial charge in [0.15, 0.2) is 0 Å². The van der Waals surface area contributed by atoms with Crippen molar-refractivity contribution in [2.45, 2.75) is 13.5 Å². The summed E-state index contributed by atoms with van der Waals surface area (Å²) in [5.74, 6) is 0.113. The van der Waals surface area contributed by atoms with E-state index in [9.17, 15) is 13.2 Å². The maximum atomic E-state index is 12.4. The van der Waals surface area contributed by atoms with Gasteiger partial charge in [-0.1, -0.05) is 40.2 Å². The van der Waals surface area contributed by atoms with Gasteiger partial charge >= 0.3 is 0 Å². The zero-order valence-corrected chi connectivity index (χ0v) is 17.0. The highest BCUT2D eigenvalue weighted by Gasteiger charge is 2.21. The Morgan fingerprint density at radius 1 is 1.15 bits per heavy atom. The van der Waals surface area contributed by atoms with Crippen molar-refractivity contribution in [2.75, 3.05) is 24.7 Å². The van der Waals surface area contributed by atoms with Gasteiger partial charge < -0.3 is 10.1 Å². The lowest BCUT2D eigenvalue weighted by atomic mass is 10.2. The lowest BCUT2D eigenvalue weighted by molar-refractivity contribution is -0.116. The van der Waals surface area contributed by atoms with Crippen LogP contribution in [0.4, 0.5) is 5.69 Å². The van der Waals surface area contributed by atoms with E-state index >= 15 is 0 Å². The first-order valence-corrected chi connectivity index (χ1v) is 10.6. The number of amides is 1. The SMILES string of the molecule is CCOc1ccccc1NC(=O)CN(Cc1ccc(Br)cc1)S(C)(=O)=O. The van der Waals surface area contributed by atoms with Gasteiger partial charge in [0, 0.05) is 11.0 Å². The quantitative estimate of drug-likeness (QED) is 0.683. The van der Waals surface area contributed by atoms with Crippen molar-refractivity contribution < 1.29 is 17.9 Å². The number of rotatable bonds is 8. The van der Waals surface area contributed by atoms with Gasteiger partial charge in [-0.3, -0.25) is 4.79 Å². The van der Waals surface area contributed by atoms with E-state index in [1.165, 1.54) is 0 Å². The summed E-state index contributed by atoms with van der Waals surface area (Å²) in [6.07, 6.45) is 1.09. The molecule has 26 heavy (non-hydrogen) atoms. The molecule has 0 aliphatic heterocycles. The van der Waals surface area contributed by atoms with E-state index in [1.54, 1.807) is 24.3 Å². The average Bonchev–Trinajstić information content (AvgIpc) is 2.57. The van der Waals surface area contributed by atoms with Gasteiger partial charge in [-0.15, -0.1) is 0 Å². The second kappa shape index (κ2) is 9.16. The van der Waals surface area contributed by atoms with Gasteiger partial charge in [-0.25, -0.2) is 8.42 Å². The zero-order chi connectivity index (χ0) is 19.2. The molecule has 0 saturated carbocycles. The van der Waals surface area contributed by atoms with E-state index in [0.29, 0.717) is 18.0 Å². The van der Waals surface area contributed by atoms with Gasteiger partial charge in [-0.2, -0.15) is 4.31 Å². The third kappa shape index (κ3) is 6.12. The third-order valence-corrected chi connectivity index (χ3v) is 5.25. The summed E-state index contributed by atoms with van der Waals surface area (Å²) in [5.41, 5.74) is 1.30. The van der Waals surface area contributed by atoms with Crippen molar-refractivity contribution in [2.24, 2.45) is 0 Å². The molecule has 8 heteroatoms.